The minimum absolute atomic E-state index is 0.492. The molecule has 1 nitrogen and oxygen atoms in total. The van der Waals surface area contributed by atoms with Crippen LogP contribution in [-0.4, -0.2) is 0 Å². The van der Waals surface area contributed by atoms with Crippen molar-refractivity contribution in [1.82, 2.24) is 0 Å². The van der Waals surface area contributed by atoms with Gasteiger partial charge in [0.05, 0.1) is 0 Å². The Morgan fingerprint density at radius 1 is 0.692 bits per heavy atom. The van der Waals surface area contributed by atoms with Crippen molar-refractivity contribution in [3.63, 3.8) is 0 Å². The zero-order chi connectivity index (χ0) is 26.8. The van der Waals surface area contributed by atoms with Crippen LogP contribution in [0.2, 0.25) is 0 Å². The maximum atomic E-state index is 3.99. The third-order valence-electron chi connectivity index (χ3n) is 7.58. The Kier molecular flexibility index (Phi) is 6.73. The van der Waals surface area contributed by atoms with Crippen molar-refractivity contribution in [1.29, 1.82) is 0 Å². The molecule has 6 rings (SSSR count). The van der Waals surface area contributed by atoms with E-state index in [0.29, 0.717) is 5.92 Å². The van der Waals surface area contributed by atoms with Crippen LogP contribution in [0.3, 0.4) is 0 Å². The van der Waals surface area contributed by atoms with Crippen molar-refractivity contribution in [3.05, 3.63) is 156 Å². The molecule has 0 bridgehead atoms. The van der Waals surface area contributed by atoms with E-state index >= 15 is 0 Å². The highest BCUT2D eigenvalue weighted by atomic mass is 15.1. The van der Waals surface area contributed by atoms with E-state index in [-0.39, 0.29) is 0 Å². The maximum absolute atomic E-state index is 3.99. The van der Waals surface area contributed by atoms with Gasteiger partial charge in [0.1, 0.15) is 0 Å². The molecular formula is C38H33N. The van der Waals surface area contributed by atoms with Gasteiger partial charge in [-0.2, -0.15) is 0 Å². The molecule has 0 amide bonds. The van der Waals surface area contributed by atoms with E-state index in [1.54, 1.807) is 0 Å². The Labute approximate surface area is 232 Å². The van der Waals surface area contributed by atoms with Crippen molar-refractivity contribution < 1.29 is 0 Å². The van der Waals surface area contributed by atoms with Crippen LogP contribution < -0.4 is 4.90 Å². The summed E-state index contributed by atoms with van der Waals surface area (Å²) in [5, 5.41) is 2.49. The average Bonchev–Trinajstić information content (AvgIpc) is 2.96. The Balaban J connectivity index is 1.47. The van der Waals surface area contributed by atoms with Crippen LogP contribution in [0.4, 0.5) is 17.1 Å². The molecule has 39 heavy (non-hydrogen) atoms. The second-order valence-corrected chi connectivity index (χ2v) is 10.5. The fraction of sp³-hybridized carbons (Fsp3) is 0.105. The Morgan fingerprint density at radius 3 is 2.23 bits per heavy atom. The minimum atomic E-state index is 0.492. The summed E-state index contributed by atoms with van der Waals surface area (Å²) in [4.78, 5) is 2.38. The van der Waals surface area contributed by atoms with Gasteiger partial charge in [-0.3, -0.25) is 0 Å². The third kappa shape index (κ3) is 5.09. The maximum Gasteiger partial charge on any atom is 0.0468 e. The van der Waals surface area contributed by atoms with Gasteiger partial charge in [-0.25, -0.2) is 0 Å². The van der Waals surface area contributed by atoms with Gasteiger partial charge in [0.15, 0.2) is 0 Å². The quantitative estimate of drug-likeness (QED) is 0.223. The van der Waals surface area contributed by atoms with E-state index in [9.17, 15) is 0 Å². The van der Waals surface area contributed by atoms with Crippen molar-refractivity contribution in [2.75, 3.05) is 4.90 Å². The van der Waals surface area contributed by atoms with Crippen molar-refractivity contribution in [3.8, 4) is 0 Å². The Morgan fingerprint density at radius 2 is 1.41 bits per heavy atom. The van der Waals surface area contributed by atoms with Gasteiger partial charge >= 0.3 is 0 Å². The molecule has 1 aliphatic carbocycles. The molecule has 5 aromatic rings. The van der Waals surface area contributed by atoms with E-state index in [1.807, 2.05) is 6.08 Å². The fourth-order valence-corrected chi connectivity index (χ4v) is 5.66. The third-order valence-corrected chi connectivity index (χ3v) is 7.58. The average molecular weight is 504 g/mol. The van der Waals surface area contributed by atoms with Crippen LogP contribution >= 0.6 is 0 Å². The molecule has 0 fully saturated rings. The van der Waals surface area contributed by atoms with Crippen molar-refractivity contribution >= 4 is 45.6 Å². The second-order valence-electron chi connectivity index (χ2n) is 10.5. The normalized spacial score (nSPS) is 14.7. The molecule has 0 radical (unpaired) electrons. The summed E-state index contributed by atoms with van der Waals surface area (Å²) in [5.41, 5.74) is 11.0. The van der Waals surface area contributed by atoms with Gasteiger partial charge in [-0.15, -0.1) is 0 Å². The standard InChI is InChI=1S/C38H33N/c1-4-29-11-5-6-12-30(29)16-17-33-22-28(3)23-34-19-21-37(26-38(33)34)39(35-15-9-10-27(2)24-35)36-20-18-31-13-7-8-14-32(31)25-36/h4-22,24-26,28H,1,23H2,2-3H3/b17-16+. The number of benzene rings is 5. The van der Waals surface area contributed by atoms with E-state index in [1.165, 1.54) is 38.6 Å². The van der Waals surface area contributed by atoms with Gasteiger partial charge in [0, 0.05) is 17.1 Å². The first-order valence-corrected chi connectivity index (χ1v) is 13.7. The lowest BCUT2D eigenvalue weighted by atomic mass is 9.84. The molecule has 0 aliphatic heterocycles. The lowest BCUT2D eigenvalue weighted by Gasteiger charge is -2.28. The highest BCUT2D eigenvalue weighted by Gasteiger charge is 2.20. The monoisotopic (exact) mass is 503 g/mol. The van der Waals surface area contributed by atoms with E-state index in [2.05, 4.69) is 153 Å². The lowest BCUT2D eigenvalue weighted by molar-refractivity contribution is 0.714. The van der Waals surface area contributed by atoms with Crippen LogP contribution in [0.1, 0.15) is 34.7 Å². The molecule has 1 heteroatoms. The zero-order valence-electron chi connectivity index (χ0n) is 22.6. The number of allylic oxidation sites excluding steroid dienone is 3. The number of hydrogen-bond donors (Lipinski definition) is 0. The zero-order valence-corrected chi connectivity index (χ0v) is 22.6. The first-order chi connectivity index (χ1) is 19.1. The lowest BCUT2D eigenvalue weighted by Crippen LogP contribution is -2.12. The first-order valence-electron chi connectivity index (χ1n) is 13.7. The van der Waals surface area contributed by atoms with E-state index < -0.39 is 0 Å². The predicted molar refractivity (Wildman–Crippen MR) is 170 cm³/mol. The molecule has 1 unspecified atom stereocenters. The molecule has 5 aromatic carbocycles. The van der Waals surface area contributed by atoms with Crippen molar-refractivity contribution in [2.45, 2.75) is 20.3 Å². The summed E-state index contributed by atoms with van der Waals surface area (Å²) in [7, 11) is 0. The molecule has 0 heterocycles. The largest absolute Gasteiger partial charge is 0.310 e. The van der Waals surface area contributed by atoms with Crippen LogP contribution in [0.25, 0.3) is 28.5 Å². The summed E-state index contributed by atoms with van der Waals surface area (Å²) in [6.45, 7) is 8.45. The molecule has 0 saturated carbocycles. The molecule has 0 saturated heterocycles. The Hall–Kier alpha value is -4.62. The highest BCUT2D eigenvalue weighted by Crippen LogP contribution is 2.40. The molecule has 1 atom stereocenters. The van der Waals surface area contributed by atoms with Crippen LogP contribution in [-0.2, 0) is 6.42 Å². The van der Waals surface area contributed by atoms with E-state index in [0.717, 1.165) is 29.0 Å². The molecular weight excluding hydrogens is 470 g/mol. The van der Waals surface area contributed by atoms with Crippen LogP contribution in [0.5, 0.6) is 0 Å². The molecule has 0 aromatic heterocycles. The molecule has 1 aliphatic rings. The second kappa shape index (κ2) is 10.6. The number of hydrogen-bond acceptors (Lipinski definition) is 1. The topological polar surface area (TPSA) is 3.24 Å². The smallest absolute Gasteiger partial charge is 0.0468 e. The van der Waals surface area contributed by atoms with Gasteiger partial charge in [-0.1, -0.05) is 111 Å². The highest BCUT2D eigenvalue weighted by molar-refractivity contribution is 5.91. The number of nitrogens with zero attached hydrogens (tertiary/aromatic N) is 1. The number of anilines is 3. The van der Waals surface area contributed by atoms with Crippen LogP contribution in [0, 0.1) is 12.8 Å². The van der Waals surface area contributed by atoms with Gasteiger partial charge in [0.25, 0.3) is 0 Å². The summed E-state index contributed by atoms with van der Waals surface area (Å²) in [5.74, 6) is 0.492. The number of aryl methyl sites for hydroxylation is 1. The molecule has 190 valence electrons. The van der Waals surface area contributed by atoms with Crippen molar-refractivity contribution in [2.24, 2.45) is 5.92 Å². The number of fused-ring (bicyclic) bond motifs is 2. The SMILES string of the molecule is C=Cc1ccccc1/C=C/C1=CC(C)Cc2ccc(N(c3cccc(C)c3)c3ccc4ccccc4c3)cc21. The van der Waals surface area contributed by atoms with Gasteiger partial charge in [-0.05, 0) is 99.8 Å². The minimum Gasteiger partial charge on any atom is -0.310 e. The first kappa shape index (κ1) is 24.7. The molecule has 0 N–H and O–H groups in total. The van der Waals surface area contributed by atoms with Gasteiger partial charge in [0.2, 0.25) is 0 Å². The van der Waals surface area contributed by atoms with Crippen LogP contribution in [0.15, 0.2) is 128 Å². The fourth-order valence-electron chi connectivity index (χ4n) is 5.66. The summed E-state index contributed by atoms with van der Waals surface area (Å²) < 4.78 is 0. The van der Waals surface area contributed by atoms with Gasteiger partial charge < -0.3 is 4.90 Å². The Bertz CT molecular complexity index is 1740. The summed E-state index contributed by atoms with van der Waals surface area (Å²) >= 11 is 0. The molecule has 0 spiro atoms. The summed E-state index contributed by atoms with van der Waals surface area (Å²) in [6.07, 6.45) is 9.88. The van der Waals surface area contributed by atoms with E-state index in [4.69, 9.17) is 0 Å². The predicted octanol–water partition coefficient (Wildman–Crippen LogP) is 10.6. The summed E-state index contributed by atoms with van der Waals surface area (Å²) in [6, 6.07) is 39.5. The number of rotatable bonds is 6.